The topological polar surface area (TPSA) is 157 Å². The smallest absolute Gasteiger partial charge is 0.306 e. The predicted molar refractivity (Wildman–Crippen MR) is 297 cm³/mol. The minimum absolute atomic E-state index is 0.00694. The predicted octanol–water partition coefficient (Wildman–Crippen LogP) is 10.6. The van der Waals surface area contributed by atoms with E-state index in [9.17, 15) is 33.6 Å². The van der Waals surface area contributed by atoms with E-state index in [4.69, 9.17) is 4.74 Å². The number of hydrogen-bond acceptors (Lipinski definition) is 9. The van der Waals surface area contributed by atoms with Gasteiger partial charge in [0.05, 0.1) is 13.2 Å². The molecule has 7 aliphatic heterocycles. The number of cyclic esters (lactones) is 1. The van der Waals surface area contributed by atoms with E-state index in [1.807, 2.05) is 19.6 Å². The van der Waals surface area contributed by atoms with Crippen LogP contribution in [0.4, 0.5) is 0 Å². The van der Waals surface area contributed by atoms with E-state index >= 15 is 0 Å². The first kappa shape index (κ1) is 67.5. The molecule has 0 aromatic carbocycles. The zero-order valence-electron chi connectivity index (χ0n) is 50.7. The summed E-state index contributed by atoms with van der Waals surface area (Å²) in [4.78, 5) is 87.5. The summed E-state index contributed by atoms with van der Waals surface area (Å²) in [7, 11) is 0. The number of rotatable bonds is 1. The van der Waals surface area contributed by atoms with Gasteiger partial charge in [-0.1, -0.05) is 41.5 Å². The Kier molecular flexibility index (Phi) is 26.9. The molecule has 3 atom stereocenters. The zero-order valence-corrected chi connectivity index (χ0v) is 50.7. The number of hydrogen-bond donors (Lipinski definition) is 1. The Balaban J connectivity index is 0.000000426. The zero-order chi connectivity index (χ0) is 56.5. The summed E-state index contributed by atoms with van der Waals surface area (Å²) in [5.41, 5.74) is 0.785. The second-order valence-corrected chi connectivity index (χ2v) is 27.7. The van der Waals surface area contributed by atoms with E-state index in [2.05, 4.69) is 156 Å². The third-order valence-corrected chi connectivity index (χ3v) is 14.8. The molecule has 0 spiro atoms. The third-order valence-electron chi connectivity index (χ3n) is 14.8. The van der Waals surface area contributed by atoms with E-state index in [1.165, 1.54) is 6.42 Å². The first-order valence-corrected chi connectivity index (χ1v) is 28.1. The molecular formula is C59H110N6O8. The summed E-state index contributed by atoms with van der Waals surface area (Å²) >= 11 is 0. The number of amides is 5. The van der Waals surface area contributed by atoms with E-state index in [-0.39, 0.29) is 44.9 Å². The summed E-state index contributed by atoms with van der Waals surface area (Å²) in [6.07, 6.45) is 12.6. The molecule has 7 fully saturated rings. The van der Waals surface area contributed by atoms with Crippen LogP contribution in [0.2, 0.25) is 0 Å². The van der Waals surface area contributed by atoms with Crippen LogP contribution in [0.25, 0.3) is 0 Å². The summed E-state index contributed by atoms with van der Waals surface area (Å²) in [6.45, 7) is 50.7. The molecule has 3 unspecified atom stereocenters. The van der Waals surface area contributed by atoms with Crippen LogP contribution in [0.1, 0.15) is 235 Å². The fourth-order valence-corrected chi connectivity index (χ4v) is 9.97. The quantitative estimate of drug-likeness (QED) is 0.199. The van der Waals surface area contributed by atoms with Crippen LogP contribution in [-0.4, -0.2) is 146 Å². The van der Waals surface area contributed by atoms with Gasteiger partial charge in [0.2, 0.25) is 29.5 Å². The highest BCUT2D eigenvalue weighted by Crippen LogP contribution is 2.34. The van der Waals surface area contributed by atoms with Crippen molar-refractivity contribution in [3.05, 3.63) is 0 Å². The molecule has 7 heterocycles. The van der Waals surface area contributed by atoms with Gasteiger partial charge < -0.3 is 29.7 Å². The molecule has 424 valence electrons. The molecule has 0 saturated carbocycles. The molecule has 0 aromatic heterocycles. The van der Waals surface area contributed by atoms with Gasteiger partial charge in [0.15, 0.2) is 0 Å². The molecule has 0 radical (unpaired) electrons. The van der Waals surface area contributed by atoms with Gasteiger partial charge in [0, 0.05) is 105 Å². The Morgan fingerprint density at radius 3 is 1.30 bits per heavy atom. The van der Waals surface area contributed by atoms with E-state index in [0.29, 0.717) is 79.3 Å². The van der Waals surface area contributed by atoms with Crippen LogP contribution in [0.15, 0.2) is 0 Å². The number of esters is 1. The van der Waals surface area contributed by atoms with Crippen LogP contribution < -0.4 is 5.32 Å². The van der Waals surface area contributed by atoms with Crippen LogP contribution >= 0.6 is 0 Å². The van der Waals surface area contributed by atoms with Gasteiger partial charge in [0.25, 0.3) is 0 Å². The van der Waals surface area contributed by atoms with E-state index < -0.39 is 0 Å². The molecule has 1 N–H and O–H groups in total. The van der Waals surface area contributed by atoms with Crippen molar-refractivity contribution < 1.29 is 38.3 Å². The number of nitrogens with zero attached hydrogens (tertiary/aromatic N) is 5. The number of carbonyl (C=O) groups is 7. The Labute approximate surface area is 445 Å². The number of likely N-dealkylation sites (tertiary alicyclic amines) is 5. The molecule has 0 bridgehead atoms. The number of nitrogens with one attached hydrogen (secondary N) is 1. The summed E-state index contributed by atoms with van der Waals surface area (Å²) < 4.78 is 4.86. The fraction of sp³-hybridized carbons (Fsp3) is 0.881. The first-order valence-electron chi connectivity index (χ1n) is 28.1. The van der Waals surface area contributed by atoms with Crippen molar-refractivity contribution in [2.24, 2.45) is 22.7 Å². The van der Waals surface area contributed by atoms with Crippen LogP contribution in [-0.2, 0) is 38.3 Å². The number of Topliss-reactive ketones (excluding diaryl/α,β-unsaturated/α-hetero) is 1. The lowest BCUT2D eigenvalue weighted by Gasteiger charge is -2.42. The molecule has 73 heavy (non-hydrogen) atoms. The second kappa shape index (κ2) is 29.1. The van der Waals surface area contributed by atoms with Gasteiger partial charge in [0.1, 0.15) is 5.78 Å². The van der Waals surface area contributed by atoms with Gasteiger partial charge in [-0.25, -0.2) is 0 Å². The lowest BCUT2D eigenvalue weighted by Crippen LogP contribution is -2.54. The lowest BCUT2D eigenvalue weighted by atomic mass is 9.75. The maximum absolute atomic E-state index is 11.4. The van der Waals surface area contributed by atoms with Gasteiger partial charge >= 0.3 is 5.97 Å². The Hall–Kier alpha value is -3.55. The summed E-state index contributed by atoms with van der Waals surface area (Å²) in [5, 5.41) is 2.85. The minimum atomic E-state index is -0.0313. The van der Waals surface area contributed by atoms with Gasteiger partial charge in [-0.15, -0.1) is 0 Å². The standard InChI is InChI=1S/4C9H17NO.C9H16O2.2C7H13NO/c1-7-5-6-8(11)10(7)9(2,3)4;1-9(2,3)7-4-5-10-8(11)6-7;1-9(2,3)10-6-4-5-8(11)7-10;1-9(2,3)10-7-5-4-6-8(10)11;1-9(2,3)7-4-5-11-8(10)6-7;1-7(2,3)8-5-4-6(8)9;1-6(2)8-5-3-4-7(8)9/h7H,5-6H2,1-4H3;7H,4-6H2,1-3H3,(H,10,11);2*4-7H2,1-3H3;7H,4-6H2,1-3H3;4-5H2,1-3H3;6H,3-5H2,1-2H3. The van der Waals surface area contributed by atoms with Crippen molar-refractivity contribution >= 4 is 41.3 Å². The first-order chi connectivity index (χ1) is 33.2. The highest BCUT2D eigenvalue weighted by Gasteiger charge is 2.36. The number of ether oxygens (including phenoxy) is 1. The van der Waals surface area contributed by atoms with Crippen LogP contribution in [0.5, 0.6) is 0 Å². The Morgan fingerprint density at radius 1 is 0.507 bits per heavy atom. The van der Waals surface area contributed by atoms with Crippen molar-refractivity contribution in [2.45, 2.75) is 270 Å². The average Bonchev–Trinajstić information content (AvgIpc) is 3.83. The molecule has 14 heteroatoms. The van der Waals surface area contributed by atoms with Crippen LogP contribution in [0, 0.1) is 22.7 Å². The van der Waals surface area contributed by atoms with E-state index in [0.717, 1.165) is 103 Å². The van der Waals surface area contributed by atoms with E-state index in [1.54, 1.807) is 0 Å². The molecule has 5 amide bonds. The largest absolute Gasteiger partial charge is 0.466 e. The van der Waals surface area contributed by atoms with Crippen molar-refractivity contribution in [1.29, 1.82) is 0 Å². The number of piperidine rings is 3. The Morgan fingerprint density at radius 2 is 1.03 bits per heavy atom. The fourth-order valence-electron chi connectivity index (χ4n) is 9.97. The maximum Gasteiger partial charge on any atom is 0.306 e. The summed E-state index contributed by atoms with van der Waals surface area (Å²) in [6, 6.07) is 0.836. The molecule has 14 nitrogen and oxygen atoms in total. The number of ketones is 1. The molecule has 0 aliphatic carbocycles. The van der Waals surface area contributed by atoms with Gasteiger partial charge in [-0.05, 0) is 178 Å². The molecular weight excluding hydrogens is 921 g/mol. The molecule has 7 saturated heterocycles. The van der Waals surface area contributed by atoms with Gasteiger partial charge in [-0.2, -0.15) is 0 Å². The lowest BCUT2D eigenvalue weighted by molar-refractivity contribution is -0.151. The van der Waals surface area contributed by atoms with Crippen molar-refractivity contribution in [1.82, 2.24) is 29.8 Å². The minimum Gasteiger partial charge on any atom is -0.466 e. The number of carbonyl (C=O) groups excluding carboxylic acids is 7. The number of β-lactam (4-membered cyclic amide) rings is 1. The normalized spacial score (nSPS) is 23.3. The maximum atomic E-state index is 11.4. The molecule has 7 aliphatic rings. The average molecular weight is 1030 g/mol. The van der Waals surface area contributed by atoms with Crippen molar-refractivity contribution in [3.8, 4) is 0 Å². The third kappa shape index (κ3) is 25.2. The van der Waals surface area contributed by atoms with Crippen LogP contribution in [0.3, 0.4) is 0 Å². The molecule has 0 aromatic rings. The molecule has 7 rings (SSSR count). The SMILES string of the molecule is CC(C)(C)C1CCNC(=O)C1.CC(C)(C)C1CCOC(=O)C1.CC(C)(C)N1CCC1=O.CC(C)(C)N1CCCC(=O)C1.CC(C)(C)N1CCCCC1=O.CC(C)N1CCCC1=O.CC1CCC(=O)N1C(C)(C)C. The Bertz CT molecular complexity index is 1670. The summed E-state index contributed by atoms with van der Waals surface area (Å²) in [5.74, 6) is 2.90. The van der Waals surface area contributed by atoms with Crippen molar-refractivity contribution in [3.63, 3.8) is 0 Å². The highest BCUT2D eigenvalue weighted by atomic mass is 16.5. The van der Waals surface area contributed by atoms with Crippen molar-refractivity contribution in [2.75, 3.05) is 45.9 Å². The highest BCUT2D eigenvalue weighted by molar-refractivity contribution is 5.82. The second-order valence-electron chi connectivity index (χ2n) is 27.7. The van der Waals surface area contributed by atoms with Gasteiger partial charge in [-0.3, -0.25) is 38.5 Å². The monoisotopic (exact) mass is 1030 g/mol.